The van der Waals surface area contributed by atoms with Crippen LogP contribution in [0.3, 0.4) is 0 Å². The third-order valence-electron chi connectivity index (χ3n) is 5.23. The van der Waals surface area contributed by atoms with Crippen LogP contribution in [0.2, 0.25) is 5.02 Å². The zero-order valence-electron chi connectivity index (χ0n) is 16.6. The summed E-state index contributed by atoms with van der Waals surface area (Å²) in [6.45, 7) is 0. The van der Waals surface area contributed by atoms with Crippen LogP contribution in [0.15, 0.2) is 83.7 Å². The van der Waals surface area contributed by atoms with E-state index < -0.39 is 0 Å². The molecule has 5 nitrogen and oxygen atoms in total. The summed E-state index contributed by atoms with van der Waals surface area (Å²) >= 11 is 13.3. The van der Waals surface area contributed by atoms with Gasteiger partial charge in [0.1, 0.15) is 11.2 Å². The number of thioether (sulfide) groups is 1. The van der Waals surface area contributed by atoms with E-state index in [0.29, 0.717) is 21.7 Å². The average Bonchev–Trinajstić information content (AvgIpc) is 3.21. The zero-order chi connectivity index (χ0) is 22.2. The predicted octanol–water partition coefficient (Wildman–Crippen LogP) is 5.12. The summed E-state index contributed by atoms with van der Waals surface area (Å²) in [5, 5.41) is 0.812. The van der Waals surface area contributed by atoms with E-state index >= 15 is 0 Å². The molecule has 1 fully saturated rings. The Kier molecular flexibility index (Phi) is 5.55. The van der Waals surface area contributed by atoms with Crippen LogP contribution in [0.1, 0.15) is 10.9 Å². The van der Waals surface area contributed by atoms with Gasteiger partial charge in [0.05, 0.1) is 16.7 Å². The second kappa shape index (κ2) is 8.50. The summed E-state index contributed by atoms with van der Waals surface area (Å²) in [5.41, 5.74) is 1.89. The van der Waals surface area contributed by atoms with Crippen LogP contribution in [0.5, 0.6) is 0 Å². The van der Waals surface area contributed by atoms with Gasteiger partial charge < -0.3 is 0 Å². The number of aromatic nitrogens is 2. The number of thiocarbonyl (C=S) groups is 1. The number of hydrogen-bond donors (Lipinski definition) is 0. The molecule has 1 unspecified atom stereocenters. The molecule has 0 radical (unpaired) electrons. The summed E-state index contributed by atoms with van der Waals surface area (Å²) < 4.78 is 1.37. The number of hydrogen-bond acceptors (Lipinski definition) is 5. The van der Waals surface area contributed by atoms with Crippen LogP contribution in [-0.4, -0.2) is 31.2 Å². The Hall–Kier alpha value is -3.00. The molecule has 1 amide bonds. The maximum Gasteiger partial charge on any atom is 0.268 e. The van der Waals surface area contributed by atoms with Crippen molar-refractivity contribution in [2.24, 2.45) is 0 Å². The van der Waals surface area contributed by atoms with Crippen LogP contribution in [0.25, 0.3) is 22.3 Å². The number of benzene rings is 3. The number of para-hydroxylation sites is 1. The lowest BCUT2D eigenvalue weighted by Crippen LogP contribution is -2.43. The number of halogens is 1. The molecule has 158 valence electrons. The van der Waals surface area contributed by atoms with E-state index in [-0.39, 0.29) is 27.7 Å². The molecule has 0 N–H and O–H groups in total. The number of amides is 1. The molecule has 1 aromatic heterocycles. The smallest absolute Gasteiger partial charge is 0.268 e. The number of nitrogens with zero attached hydrogens (tertiary/aromatic N) is 3. The van der Waals surface area contributed by atoms with Crippen molar-refractivity contribution >= 4 is 57.5 Å². The van der Waals surface area contributed by atoms with Gasteiger partial charge in [-0.05, 0) is 42.0 Å². The van der Waals surface area contributed by atoms with E-state index in [2.05, 4.69) is 0 Å². The summed E-state index contributed by atoms with van der Waals surface area (Å²) in [6, 6.07) is 23.8. The van der Waals surface area contributed by atoms with Crippen molar-refractivity contribution in [2.75, 3.05) is 5.75 Å². The van der Waals surface area contributed by atoms with Gasteiger partial charge >= 0.3 is 0 Å². The molecule has 2 heterocycles. The number of fused-ring (bicyclic) bond motifs is 1. The second-order valence-corrected chi connectivity index (χ2v) is 9.09. The molecule has 1 aliphatic heterocycles. The van der Waals surface area contributed by atoms with Gasteiger partial charge in [0, 0.05) is 10.6 Å². The normalized spacial score (nSPS) is 16.0. The van der Waals surface area contributed by atoms with Crippen molar-refractivity contribution in [3.05, 3.63) is 99.8 Å². The van der Waals surface area contributed by atoms with Crippen molar-refractivity contribution in [3.8, 4) is 11.4 Å². The summed E-state index contributed by atoms with van der Waals surface area (Å²) in [5.74, 6) is 0.516. The first-order valence-electron chi connectivity index (χ1n) is 9.85. The Labute approximate surface area is 198 Å². The molecule has 0 spiro atoms. The SMILES string of the molecule is O=C1CSC(c2ccc(Cl)cc2)N1C(=S)n1c(-c2ccccc2)nc2ccccc2c1=O. The highest BCUT2D eigenvalue weighted by molar-refractivity contribution is 8.00. The first-order chi connectivity index (χ1) is 15.5. The topological polar surface area (TPSA) is 55.2 Å². The minimum absolute atomic E-state index is 0.113. The van der Waals surface area contributed by atoms with E-state index in [9.17, 15) is 9.59 Å². The van der Waals surface area contributed by atoms with Crippen LogP contribution >= 0.6 is 35.6 Å². The quantitative estimate of drug-likeness (QED) is 0.375. The van der Waals surface area contributed by atoms with Crippen LogP contribution < -0.4 is 5.56 Å². The Morgan fingerprint density at radius 3 is 2.41 bits per heavy atom. The first-order valence-corrected chi connectivity index (χ1v) is 11.7. The lowest BCUT2D eigenvalue weighted by Gasteiger charge is -2.26. The largest absolute Gasteiger partial charge is 0.273 e. The summed E-state index contributed by atoms with van der Waals surface area (Å²) in [6.07, 6.45) is 0. The monoisotopic (exact) mass is 477 g/mol. The fourth-order valence-corrected chi connectivity index (χ4v) is 5.43. The molecular formula is C24H16ClN3O2S2. The molecule has 32 heavy (non-hydrogen) atoms. The summed E-state index contributed by atoms with van der Waals surface area (Å²) in [7, 11) is 0. The van der Waals surface area contributed by atoms with Crippen LogP contribution in [0, 0.1) is 0 Å². The van der Waals surface area contributed by atoms with Gasteiger partial charge in [-0.1, -0.05) is 66.2 Å². The molecule has 1 atom stereocenters. The van der Waals surface area contributed by atoms with E-state index in [1.54, 1.807) is 30.3 Å². The van der Waals surface area contributed by atoms with E-state index in [4.69, 9.17) is 28.8 Å². The van der Waals surface area contributed by atoms with E-state index in [0.717, 1.165) is 11.1 Å². The molecule has 8 heteroatoms. The Balaban J connectivity index is 1.70. The van der Waals surface area contributed by atoms with Gasteiger partial charge in [-0.25, -0.2) is 9.55 Å². The lowest BCUT2D eigenvalue weighted by atomic mass is 10.2. The molecule has 0 saturated carbocycles. The third kappa shape index (κ3) is 3.62. The fourth-order valence-electron chi connectivity index (χ4n) is 3.70. The molecular weight excluding hydrogens is 462 g/mol. The van der Waals surface area contributed by atoms with Gasteiger partial charge in [0.2, 0.25) is 5.91 Å². The average molecular weight is 478 g/mol. The highest BCUT2D eigenvalue weighted by Crippen LogP contribution is 2.39. The molecule has 0 bridgehead atoms. The molecule has 1 aliphatic rings. The van der Waals surface area contributed by atoms with Gasteiger partial charge in [-0.15, -0.1) is 11.8 Å². The molecule has 3 aromatic carbocycles. The minimum atomic E-state index is -0.353. The Morgan fingerprint density at radius 1 is 0.969 bits per heavy atom. The van der Waals surface area contributed by atoms with Crippen molar-refractivity contribution in [2.45, 2.75) is 5.37 Å². The minimum Gasteiger partial charge on any atom is -0.273 e. The van der Waals surface area contributed by atoms with E-state index in [1.165, 1.54) is 21.2 Å². The highest BCUT2D eigenvalue weighted by Gasteiger charge is 2.37. The molecule has 1 saturated heterocycles. The van der Waals surface area contributed by atoms with Crippen molar-refractivity contribution in [3.63, 3.8) is 0 Å². The molecule has 5 rings (SSSR count). The van der Waals surface area contributed by atoms with Crippen molar-refractivity contribution < 1.29 is 4.79 Å². The zero-order valence-corrected chi connectivity index (χ0v) is 19.0. The van der Waals surface area contributed by atoms with Gasteiger partial charge in [0.25, 0.3) is 5.56 Å². The summed E-state index contributed by atoms with van der Waals surface area (Å²) in [4.78, 5) is 32.8. The van der Waals surface area contributed by atoms with Gasteiger partial charge in [-0.3, -0.25) is 14.5 Å². The van der Waals surface area contributed by atoms with Crippen LogP contribution in [-0.2, 0) is 4.79 Å². The maximum atomic E-state index is 13.6. The van der Waals surface area contributed by atoms with Crippen molar-refractivity contribution in [1.29, 1.82) is 0 Å². The number of carbonyl (C=O) groups is 1. The molecule has 0 aliphatic carbocycles. The van der Waals surface area contributed by atoms with E-state index in [1.807, 2.05) is 48.5 Å². The van der Waals surface area contributed by atoms with Gasteiger partial charge in [-0.2, -0.15) is 0 Å². The van der Waals surface area contributed by atoms with Crippen LogP contribution in [0.4, 0.5) is 0 Å². The Morgan fingerprint density at radius 2 is 1.66 bits per heavy atom. The predicted molar refractivity (Wildman–Crippen MR) is 133 cm³/mol. The Bertz CT molecular complexity index is 1400. The second-order valence-electron chi connectivity index (χ2n) is 7.22. The third-order valence-corrected chi connectivity index (χ3v) is 7.07. The maximum absolute atomic E-state index is 13.6. The standard InChI is InChI=1S/C24H16ClN3O2S2/c25-17-12-10-16(11-13-17)23-27(20(29)14-32-23)24(31)28-21(15-6-2-1-3-7-15)26-19-9-5-4-8-18(19)22(28)30/h1-13,23H,14H2. The number of rotatable bonds is 2. The molecule has 4 aromatic rings. The lowest BCUT2D eigenvalue weighted by molar-refractivity contribution is -0.124. The first kappa shape index (κ1) is 20.9. The van der Waals surface area contributed by atoms with Gasteiger partial charge in [0.15, 0.2) is 5.11 Å². The van der Waals surface area contributed by atoms with Crippen molar-refractivity contribution in [1.82, 2.24) is 14.5 Å². The number of carbonyl (C=O) groups excluding carboxylic acids is 1. The fraction of sp³-hybridized carbons (Fsp3) is 0.0833. The highest BCUT2D eigenvalue weighted by atomic mass is 35.5.